The van der Waals surface area contributed by atoms with Crippen LogP contribution in [-0.2, 0) is 12.3 Å². The first-order valence-corrected chi connectivity index (χ1v) is 12.0. The van der Waals surface area contributed by atoms with Gasteiger partial charge in [-0.3, -0.25) is 0 Å². The highest BCUT2D eigenvalue weighted by Gasteiger charge is 2.33. The molecule has 8 heteroatoms. The SMILES string of the molecule is Cc1noc(C)c1-c1ccc2c(c1)CC=C2c1nc(N[C@@H]2CNCC(C)(C)C2)ncc1C(C)(F)F. The van der Waals surface area contributed by atoms with Crippen LogP contribution in [0.2, 0.25) is 0 Å². The lowest BCUT2D eigenvalue weighted by Gasteiger charge is -2.36. The van der Waals surface area contributed by atoms with Crippen molar-refractivity contribution in [3.8, 4) is 11.1 Å². The Bertz CT molecular complexity index is 1290. The Balaban J connectivity index is 1.50. The zero-order valence-corrected chi connectivity index (χ0v) is 20.8. The summed E-state index contributed by atoms with van der Waals surface area (Å²) in [4.78, 5) is 8.91. The molecular weight excluding hydrogens is 448 g/mol. The number of halogens is 2. The zero-order valence-electron chi connectivity index (χ0n) is 20.8. The van der Waals surface area contributed by atoms with Crippen LogP contribution in [0.1, 0.15) is 61.0 Å². The molecule has 1 saturated heterocycles. The maximum atomic E-state index is 14.6. The smallest absolute Gasteiger partial charge is 0.274 e. The largest absolute Gasteiger partial charge is 0.361 e. The van der Waals surface area contributed by atoms with Crippen LogP contribution in [0.4, 0.5) is 14.7 Å². The molecule has 1 atom stereocenters. The average molecular weight is 480 g/mol. The van der Waals surface area contributed by atoms with Crippen LogP contribution in [0.5, 0.6) is 0 Å². The number of allylic oxidation sites excluding steroid dienone is 1. The molecule has 6 nitrogen and oxygen atoms in total. The number of alkyl halides is 2. The van der Waals surface area contributed by atoms with Gasteiger partial charge in [-0.05, 0) is 48.8 Å². The van der Waals surface area contributed by atoms with Gasteiger partial charge in [0.05, 0.1) is 17.0 Å². The summed E-state index contributed by atoms with van der Waals surface area (Å²) in [6.45, 7) is 10.8. The van der Waals surface area contributed by atoms with E-state index in [-0.39, 0.29) is 22.7 Å². The van der Waals surface area contributed by atoms with E-state index in [2.05, 4.69) is 45.7 Å². The number of benzene rings is 1. The Kier molecular flexibility index (Phi) is 5.74. The van der Waals surface area contributed by atoms with Crippen molar-refractivity contribution in [2.45, 2.75) is 59.4 Å². The number of anilines is 1. The molecule has 1 aromatic carbocycles. The van der Waals surface area contributed by atoms with Crippen molar-refractivity contribution < 1.29 is 13.3 Å². The van der Waals surface area contributed by atoms with Gasteiger partial charge in [-0.25, -0.2) is 18.7 Å². The number of piperidine rings is 1. The van der Waals surface area contributed by atoms with Crippen molar-refractivity contribution in [1.82, 2.24) is 20.4 Å². The molecule has 0 spiro atoms. The molecule has 5 rings (SSSR count). The Hall–Kier alpha value is -3.13. The van der Waals surface area contributed by atoms with Gasteiger partial charge in [-0.1, -0.05) is 43.3 Å². The number of hydrogen-bond acceptors (Lipinski definition) is 6. The van der Waals surface area contributed by atoms with Crippen LogP contribution < -0.4 is 10.6 Å². The van der Waals surface area contributed by atoms with E-state index in [1.807, 2.05) is 32.1 Å². The quantitative estimate of drug-likeness (QED) is 0.493. The number of nitrogens with zero attached hydrogens (tertiary/aromatic N) is 3. The highest BCUT2D eigenvalue weighted by molar-refractivity contribution is 5.86. The minimum atomic E-state index is -3.07. The van der Waals surface area contributed by atoms with Gasteiger partial charge in [0.2, 0.25) is 5.95 Å². The normalized spacial score (nSPS) is 19.4. The van der Waals surface area contributed by atoms with Crippen LogP contribution in [-0.4, -0.2) is 34.3 Å². The monoisotopic (exact) mass is 479 g/mol. The molecular formula is C27H31F2N5O. The second-order valence-electron chi connectivity index (χ2n) is 10.6. The molecule has 3 heterocycles. The van der Waals surface area contributed by atoms with Crippen LogP contribution in [0, 0.1) is 19.3 Å². The molecule has 0 bridgehead atoms. The highest BCUT2D eigenvalue weighted by atomic mass is 19.3. The average Bonchev–Trinajstić information content (AvgIpc) is 3.34. The Morgan fingerprint density at radius 1 is 1.23 bits per heavy atom. The fourth-order valence-corrected chi connectivity index (χ4v) is 5.28. The fraction of sp³-hybridized carbons (Fsp3) is 0.444. The van der Waals surface area contributed by atoms with Gasteiger partial charge in [-0.2, -0.15) is 0 Å². The van der Waals surface area contributed by atoms with Crippen LogP contribution in [0.3, 0.4) is 0 Å². The molecule has 35 heavy (non-hydrogen) atoms. The van der Waals surface area contributed by atoms with Crippen molar-refractivity contribution >= 4 is 11.5 Å². The number of fused-ring (bicyclic) bond motifs is 1. The summed E-state index contributed by atoms with van der Waals surface area (Å²) >= 11 is 0. The Morgan fingerprint density at radius 3 is 2.71 bits per heavy atom. The van der Waals surface area contributed by atoms with Crippen molar-refractivity contribution in [1.29, 1.82) is 0 Å². The van der Waals surface area contributed by atoms with Gasteiger partial charge >= 0.3 is 0 Å². The summed E-state index contributed by atoms with van der Waals surface area (Å²) in [5, 5.41) is 10.9. The van der Waals surface area contributed by atoms with E-state index in [4.69, 9.17) is 4.52 Å². The summed E-state index contributed by atoms with van der Waals surface area (Å²) in [6, 6.07) is 6.19. The molecule has 1 fully saturated rings. The maximum absolute atomic E-state index is 14.6. The lowest BCUT2D eigenvalue weighted by Crippen LogP contribution is -2.47. The second kappa shape index (κ2) is 8.52. The number of aromatic nitrogens is 3. The summed E-state index contributed by atoms with van der Waals surface area (Å²) in [7, 11) is 0. The van der Waals surface area contributed by atoms with E-state index in [9.17, 15) is 8.78 Å². The van der Waals surface area contributed by atoms with Crippen molar-refractivity contribution in [3.63, 3.8) is 0 Å². The van der Waals surface area contributed by atoms with Gasteiger partial charge in [0.1, 0.15) is 5.76 Å². The summed E-state index contributed by atoms with van der Waals surface area (Å²) in [5.41, 5.74) is 5.75. The topological polar surface area (TPSA) is 75.9 Å². The van der Waals surface area contributed by atoms with Crippen molar-refractivity contribution in [2.24, 2.45) is 5.41 Å². The summed E-state index contributed by atoms with van der Waals surface area (Å²) < 4.78 is 34.6. The summed E-state index contributed by atoms with van der Waals surface area (Å²) in [6.07, 6.45) is 4.84. The highest BCUT2D eigenvalue weighted by Crippen LogP contribution is 2.40. The number of hydrogen-bond donors (Lipinski definition) is 2. The van der Waals surface area contributed by atoms with Gasteiger partial charge in [0.25, 0.3) is 5.92 Å². The van der Waals surface area contributed by atoms with E-state index >= 15 is 0 Å². The molecule has 0 saturated carbocycles. The van der Waals surface area contributed by atoms with E-state index in [1.54, 1.807) is 0 Å². The maximum Gasteiger partial charge on any atom is 0.274 e. The van der Waals surface area contributed by atoms with Crippen molar-refractivity contribution in [2.75, 3.05) is 18.4 Å². The fourth-order valence-electron chi connectivity index (χ4n) is 5.28. The molecule has 2 aromatic heterocycles. The molecule has 1 aliphatic heterocycles. The molecule has 3 aromatic rings. The molecule has 0 radical (unpaired) electrons. The standard InChI is InChI=1S/C27H31F2N5O/c1-15-23(16(2)35-34-15)18-7-8-20-17(10-18)6-9-21(20)24-22(27(5,28)29)13-31-25(33-24)32-19-11-26(3,4)14-30-12-19/h7-10,13,19,30H,6,11-12,14H2,1-5H3,(H,31,32,33)/t19-/m0/s1. The lowest BCUT2D eigenvalue weighted by molar-refractivity contribution is 0.0165. The van der Waals surface area contributed by atoms with E-state index < -0.39 is 5.92 Å². The van der Waals surface area contributed by atoms with Gasteiger partial charge < -0.3 is 15.2 Å². The predicted molar refractivity (Wildman–Crippen MR) is 132 cm³/mol. The molecule has 2 N–H and O–H groups in total. The molecule has 184 valence electrons. The van der Waals surface area contributed by atoms with Gasteiger partial charge in [-0.15, -0.1) is 0 Å². The number of nitrogens with one attached hydrogen (secondary N) is 2. The molecule has 0 amide bonds. The summed E-state index contributed by atoms with van der Waals surface area (Å²) in [5.74, 6) is -1.93. The Morgan fingerprint density at radius 2 is 2.03 bits per heavy atom. The molecule has 0 unspecified atom stereocenters. The van der Waals surface area contributed by atoms with Gasteiger partial charge in [0.15, 0.2) is 0 Å². The third-order valence-electron chi connectivity index (χ3n) is 6.89. The number of aryl methyl sites for hydroxylation is 2. The first-order valence-electron chi connectivity index (χ1n) is 12.0. The van der Waals surface area contributed by atoms with Crippen LogP contribution in [0.25, 0.3) is 16.7 Å². The van der Waals surface area contributed by atoms with E-state index in [0.29, 0.717) is 12.4 Å². The molecule has 1 aliphatic carbocycles. The van der Waals surface area contributed by atoms with Crippen molar-refractivity contribution in [3.05, 3.63) is 64.3 Å². The van der Waals surface area contributed by atoms with Gasteiger partial charge in [0, 0.05) is 43.4 Å². The minimum Gasteiger partial charge on any atom is -0.361 e. The number of rotatable bonds is 5. The zero-order chi connectivity index (χ0) is 25.0. The third kappa shape index (κ3) is 4.59. The predicted octanol–water partition coefficient (Wildman–Crippen LogP) is 5.65. The lowest BCUT2D eigenvalue weighted by atomic mass is 9.83. The minimum absolute atomic E-state index is 0.127. The van der Waals surface area contributed by atoms with Crippen LogP contribution in [0.15, 0.2) is 35.0 Å². The Labute approximate surface area is 204 Å². The molecule has 2 aliphatic rings. The first kappa shape index (κ1) is 23.6. The van der Waals surface area contributed by atoms with Crippen LogP contribution >= 0.6 is 0 Å². The second-order valence-corrected chi connectivity index (χ2v) is 10.6. The van der Waals surface area contributed by atoms with E-state index in [0.717, 1.165) is 65.7 Å². The van der Waals surface area contributed by atoms with E-state index in [1.165, 1.54) is 6.20 Å². The first-order chi connectivity index (χ1) is 16.5. The third-order valence-corrected chi connectivity index (χ3v) is 6.89.